The van der Waals surface area contributed by atoms with Crippen LogP contribution >= 0.6 is 11.8 Å². The maximum absolute atomic E-state index is 13.5. The molecule has 2 fully saturated rings. The number of phenolic OH excluding ortho intramolecular Hbond substituents is 1. The van der Waals surface area contributed by atoms with Crippen molar-refractivity contribution in [2.24, 2.45) is 0 Å². The van der Waals surface area contributed by atoms with E-state index in [1.807, 2.05) is 46.8 Å². The van der Waals surface area contributed by atoms with E-state index in [2.05, 4.69) is 10.00 Å². The average Bonchev–Trinajstić information content (AvgIpc) is 3.43. The van der Waals surface area contributed by atoms with Crippen molar-refractivity contribution in [1.82, 2.24) is 14.1 Å². The van der Waals surface area contributed by atoms with Crippen molar-refractivity contribution in [1.29, 1.82) is 0 Å². The summed E-state index contributed by atoms with van der Waals surface area (Å²) >= 11 is 1.39. The minimum atomic E-state index is -1.18. The van der Waals surface area contributed by atoms with E-state index >= 15 is 0 Å². The van der Waals surface area contributed by atoms with Gasteiger partial charge in [-0.05, 0) is 49.9 Å². The Balaban J connectivity index is 1.30. The van der Waals surface area contributed by atoms with Gasteiger partial charge in [0, 0.05) is 26.2 Å². The summed E-state index contributed by atoms with van der Waals surface area (Å²) in [6.07, 6.45) is 5.90. The van der Waals surface area contributed by atoms with Crippen molar-refractivity contribution < 1.29 is 14.1 Å². The Kier molecular flexibility index (Phi) is 7.93. The molecule has 0 spiro atoms. The number of anilines is 1. The molecule has 1 saturated heterocycles. The second kappa shape index (κ2) is 11.5. The Labute approximate surface area is 217 Å². The Bertz CT molecular complexity index is 1260. The predicted octanol–water partition coefficient (Wildman–Crippen LogP) is 3.80. The molecule has 0 bridgehead atoms. The van der Waals surface area contributed by atoms with Crippen molar-refractivity contribution in [2.45, 2.75) is 36.7 Å². The van der Waals surface area contributed by atoms with Crippen molar-refractivity contribution in [2.75, 3.05) is 36.2 Å². The van der Waals surface area contributed by atoms with Crippen molar-refractivity contribution >= 4 is 28.4 Å². The largest absolute Gasteiger partial charge is 0.507 e. The standard InChI is InChI=1S/C26H30N4O4S2/c31-23-12-6-7-13-24(23)35-19-36(33)29-16-14-28(15-17-29)22-18-27-30(20-8-2-1-3-9-20)26(32)25(22)34-21-10-4-5-11-21/h1-3,6-9,12-13,18,21,31H,4-5,10-11,14-17,19H2. The van der Waals surface area contributed by atoms with Crippen LogP contribution in [0.2, 0.25) is 0 Å². The first-order chi connectivity index (χ1) is 17.6. The van der Waals surface area contributed by atoms with Gasteiger partial charge in [-0.2, -0.15) is 9.78 Å². The molecule has 1 unspecified atom stereocenters. The molecule has 190 valence electrons. The second-order valence-electron chi connectivity index (χ2n) is 8.90. The number of hydrogen-bond acceptors (Lipinski definition) is 7. The quantitative estimate of drug-likeness (QED) is 0.447. The first-order valence-corrected chi connectivity index (χ1v) is 14.5. The van der Waals surface area contributed by atoms with Crippen LogP contribution in [0.3, 0.4) is 0 Å². The van der Waals surface area contributed by atoms with E-state index in [9.17, 15) is 14.1 Å². The normalized spacial score (nSPS) is 17.8. The van der Waals surface area contributed by atoms with Crippen molar-refractivity contribution in [3.8, 4) is 17.2 Å². The fraction of sp³-hybridized carbons (Fsp3) is 0.385. The number of nitrogens with zero attached hydrogens (tertiary/aromatic N) is 4. The number of aromatic nitrogens is 2. The van der Waals surface area contributed by atoms with Gasteiger partial charge in [0.15, 0.2) is 0 Å². The molecule has 1 aromatic heterocycles. The summed E-state index contributed by atoms with van der Waals surface area (Å²) in [5.74, 6) is 0.558. The van der Waals surface area contributed by atoms with E-state index in [0.717, 1.165) is 30.6 Å². The number of para-hydroxylation sites is 2. The third-order valence-electron chi connectivity index (χ3n) is 6.55. The lowest BCUT2D eigenvalue weighted by atomic mass is 10.2. The lowest BCUT2D eigenvalue weighted by Gasteiger charge is -2.35. The van der Waals surface area contributed by atoms with Gasteiger partial charge < -0.3 is 14.7 Å². The topological polar surface area (TPSA) is 87.9 Å². The van der Waals surface area contributed by atoms with E-state index in [1.54, 1.807) is 18.3 Å². The molecular formula is C26H30N4O4S2. The van der Waals surface area contributed by atoms with Gasteiger partial charge in [0.1, 0.15) is 22.4 Å². The molecular weight excluding hydrogens is 496 g/mol. The molecule has 10 heteroatoms. The monoisotopic (exact) mass is 526 g/mol. The van der Waals surface area contributed by atoms with Crippen LogP contribution in [0.15, 0.2) is 70.5 Å². The summed E-state index contributed by atoms with van der Waals surface area (Å²) in [4.78, 5) is 16.3. The van der Waals surface area contributed by atoms with E-state index in [-0.39, 0.29) is 17.4 Å². The number of rotatable bonds is 8. The van der Waals surface area contributed by atoms with Crippen LogP contribution in [-0.2, 0) is 11.0 Å². The van der Waals surface area contributed by atoms with Crippen LogP contribution in [0, 0.1) is 0 Å². The molecule has 2 heterocycles. The molecule has 1 N–H and O–H groups in total. The van der Waals surface area contributed by atoms with E-state index in [0.29, 0.717) is 48.4 Å². The average molecular weight is 527 g/mol. The van der Waals surface area contributed by atoms with Crippen molar-refractivity contribution in [3.05, 3.63) is 71.1 Å². The Morgan fingerprint density at radius 3 is 2.42 bits per heavy atom. The highest BCUT2D eigenvalue weighted by Crippen LogP contribution is 2.31. The number of phenols is 1. The predicted molar refractivity (Wildman–Crippen MR) is 143 cm³/mol. The van der Waals surface area contributed by atoms with Crippen LogP contribution < -0.4 is 15.2 Å². The fourth-order valence-electron chi connectivity index (χ4n) is 4.59. The Morgan fingerprint density at radius 1 is 1.00 bits per heavy atom. The number of piperazine rings is 1. The van der Waals surface area contributed by atoms with Gasteiger partial charge in [-0.15, -0.1) is 11.8 Å². The van der Waals surface area contributed by atoms with E-state index in [1.165, 1.54) is 16.4 Å². The molecule has 0 radical (unpaired) electrons. The molecule has 2 aliphatic rings. The number of benzene rings is 2. The van der Waals surface area contributed by atoms with Crippen LogP contribution in [0.5, 0.6) is 11.5 Å². The minimum Gasteiger partial charge on any atom is -0.507 e. The summed E-state index contributed by atoms with van der Waals surface area (Å²) < 4.78 is 22.6. The van der Waals surface area contributed by atoms with Gasteiger partial charge in [0.05, 0.1) is 28.0 Å². The minimum absolute atomic E-state index is 0.0447. The van der Waals surface area contributed by atoms with Gasteiger partial charge >= 0.3 is 5.56 Å². The number of thioether (sulfide) groups is 1. The summed E-state index contributed by atoms with van der Waals surface area (Å²) in [5.41, 5.74) is 1.15. The highest BCUT2D eigenvalue weighted by atomic mass is 32.2. The van der Waals surface area contributed by atoms with Crippen molar-refractivity contribution in [3.63, 3.8) is 0 Å². The zero-order valence-corrected chi connectivity index (χ0v) is 21.6. The smallest absolute Gasteiger partial charge is 0.316 e. The van der Waals surface area contributed by atoms with Crippen LogP contribution in [0.1, 0.15) is 25.7 Å². The molecule has 1 aliphatic heterocycles. The lowest BCUT2D eigenvalue weighted by molar-refractivity contribution is 0.205. The molecule has 8 nitrogen and oxygen atoms in total. The lowest BCUT2D eigenvalue weighted by Crippen LogP contribution is -2.48. The highest BCUT2D eigenvalue weighted by Gasteiger charge is 2.28. The zero-order valence-electron chi connectivity index (χ0n) is 20.0. The fourth-order valence-corrected chi connectivity index (χ4v) is 7.06. The summed E-state index contributed by atoms with van der Waals surface area (Å²) in [6, 6.07) is 16.5. The molecule has 1 saturated carbocycles. The second-order valence-corrected chi connectivity index (χ2v) is 11.7. The van der Waals surface area contributed by atoms with Crippen LogP contribution in [-0.4, -0.2) is 60.8 Å². The first-order valence-electron chi connectivity index (χ1n) is 12.2. The molecule has 5 rings (SSSR count). The van der Waals surface area contributed by atoms with Gasteiger partial charge in [0.2, 0.25) is 5.75 Å². The third kappa shape index (κ3) is 5.61. The molecule has 36 heavy (non-hydrogen) atoms. The Hall–Kier alpha value is -2.82. The molecule has 0 amide bonds. The molecule has 2 aromatic carbocycles. The maximum atomic E-state index is 13.5. The van der Waals surface area contributed by atoms with Crippen LogP contribution in [0.4, 0.5) is 5.69 Å². The van der Waals surface area contributed by atoms with Gasteiger partial charge in [0.25, 0.3) is 0 Å². The number of hydrogen-bond donors (Lipinski definition) is 1. The maximum Gasteiger partial charge on any atom is 0.316 e. The molecule has 1 atom stereocenters. The zero-order chi connectivity index (χ0) is 24.9. The number of ether oxygens (including phenoxy) is 1. The number of aromatic hydroxyl groups is 1. The van der Waals surface area contributed by atoms with Gasteiger partial charge in [-0.1, -0.05) is 30.3 Å². The summed E-state index contributed by atoms with van der Waals surface area (Å²) in [5, 5.41) is 14.8. The SMILES string of the molecule is O=c1c(OC2CCCC2)c(N2CCN(S(=O)CSc3ccccc3O)CC2)cnn1-c1ccccc1. The first kappa shape index (κ1) is 24.9. The summed E-state index contributed by atoms with van der Waals surface area (Å²) in [6.45, 7) is 2.42. The van der Waals surface area contributed by atoms with E-state index in [4.69, 9.17) is 4.74 Å². The molecule has 3 aromatic rings. The Morgan fingerprint density at radius 2 is 1.69 bits per heavy atom. The van der Waals surface area contributed by atoms with E-state index < -0.39 is 11.0 Å². The highest BCUT2D eigenvalue weighted by molar-refractivity contribution is 8.09. The van der Waals surface area contributed by atoms with Gasteiger partial charge in [-0.25, -0.2) is 8.51 Å². The summed E-state index contributed by atoms with van der Waals surface area (Å²) in [7, 11) is -1.18. The third-order valence-corrected chi connectivity index (χ3v) is 9.43. The van der Waals surface area contributed by atoms with Crippen LogP contribution in [0.25, 0.3) is 5.69 Å². The van der Waals surface area contributed by atoms with Gasteiger partial charge in [-0.3, -0.25) is 4.79 Å². The molecule has 1 aliphatic carbocycles.